The normalized spacial score (nSPS) is 18.1. The number of hydrogen-bond donors (Lipinski definition) is 1. The van der Waals surface area contributed by atoms with Crippen molar-refractivity contribution in [1.29, 1.82) is 0 Å². The summed E-state index contributed by atoms with van der Waals surface area (Å²) in [5, 5.41) is 6.02. The van der Waals surface area contributed by atoms with Gasteiger partial charge >= 0.3 is 0 Å². The molecule has 0 aliphatic carbocycles. The maximum Gasteiger partial charge on any atom is 0.229 e. The van der Waals surface area contributed by atoms with Crippen LogP contribution in [-0.2, 0) is 14.3 Å². The van der Waals surface area contributed by atoms with Gasteiger partial charge in [0.2, 0.25) is 11.8 Å². The van der Waals surface area contributed by atoms with Gasteiger partial charge < -0.3 is 24.6 Å². The van der Waals surface area contributed by atoms with E-state index in [0.29, 0.717) is 23.7 Å². The summed E-state index contributed by atoms with van der Waals surface area (Å²) in [6, 6.07) is 13.4. The van der Waals surface area contributed by atoms with Crippen LogP contribution in [0.1, 0.15) is 12.0 Å². The fraction of sp³-hybridized carbons (Fsp3) is 0.346. The third-order valence-corrected chi connectivity index (χ3v) is 7.24. The fourth-order valence-corrected chi connectivity index (χ4v) is 5.28. The van der Waals surface area contributed by atoms with E-state index in [4.69, 9.17) is 14.5 Å². The monoisotopic (exact) mass is 492 g/mol. The van der Waals surface area contributed by atoms with Gasteiger partial charge in [-0.1, -0.05) is 18.2 Å². The zero-order chi connectivity index (χ0) is 24.4. The molecule has 5 rings (SSSR count). The minimum absolute atomic E-state index is 0.0796. The second-order valence-electron chi connectivity index (χ2n) is 8.76. The van der Waals surface area contributed by atoms with E-state index < -0.39 is 5.92 Å². The summed E-state index contributed by atoms with van der Waals surface area (Å²) in [5.41, 5.74) is 4.34. The molecule has 1 unspecified atom stereocenters. The Hall–Kier alpha value is -3.43. The number of methoxy groups -OCH3 is 1. The molecule has 1 aromatic heterocycles. The first kappa shape index (κ1) is 23.3. The lowest BCUT2D eigenvalue weighted by Gasteiger charge is -2.26. The average Bonchev–Trinajstić information content (AvgIpc) is 3.52. The predicted octanol–water partition coefficient (Wildman–Crippen LogP) is 3.96. The van der Waals surface area contributed by atoms with Crippen molar-refractivity contribution in [2.75, 3.05) is 55.1 Å². The van der Waals surface area contributed by atoms with E-state index in [1.807, 2.05) is 49.4 Å². The minimum atomic E-state index is -0.429. The minimum Gasteiger partial charge on any atom is -0.495 e. The zero-order valence-electron chi connectivity index (χ0n) is 19.8. The Morgan fingerprint density at radius 2 is 1.94 bits per heavy atom. The van der Waals surface area contributed by atoms with E-state index in [2.05, 4.69) is 15.6 Å². The highest BCUT2D eigenvalue weighted by atomic mass is 32.1. The van der Waals surface area contributed by atoms with Crippen LogP contribution in [0, 0.1) is 12.8 Å². The van der Waals surface area contributed by atoms with Crippen LogP contribution in [0.5, 0.6) is 5.75 Å². The van der Waals surface area contributed by atoms with Gasteiger partial charge in [-0.2, -0.15) is 0 Å². The molecule has 8 nitrogen and oxygen atoms in total. The largest absolute Gasteiger partial charge is 0.495 e. The molecule has 9 heteroatoms. The SMILES string of the molecule is COc1ccc(C)cc1N1CC(C(=O)Nc2ccc(-c3csc(N4CCOCC4)n3)cc2)CC1=O. The maximum absolute atomic E-state index is 12.9. The third kappa shape index (κ3) is 5.01. The molecule has 0 spiro atoms. The topological polar surface area (TPSA) is 84.0 Å². The van der Waals surface area contributed by atoms with Crippen LogP contribution >= 0.6 is 11.3 Å². The van der Waals surface area contributed by atoms with Crippen LogP contribution in [0.25, 0.3) is 11.3 Å². The van der Waals surface area contributed by atoms with Crippen molar-refractivity contribution in [3.63, 3.8) is 0 Å². The van der Waals surface area contributed by atoms with E-state index in [1.165, 1.54) is 0 Å². The van der Waals surface area contributed by atoms with Crippen LogP contribution in [0.3, 0.4) is 0 Å². The van der Waals surface area contributed by atoms with Crippen molar-refractivity contribution in [1.82, 2.24) is 4.98 Å². The van der Waals surface area contributed by atoms with Crippen molar-refractivity contribution < 1.29 is 19.1 Å². The average molecular weight is 493 g/mol. The summed E-state index contributed by atoms with van der Waals surface area (Å²) in [6.07, 6.45) is 0.171. The van der Waals surface area contributed by atoms with E-state index in [0.717, 1.165) is 48.3 Å². The first-order chi connectivity index (χ1) is 17.0. The number of nitrogens with one attached hydrogen (secondary N) is 1. The predicted molar refractivity (Wildman–Crippen MR) is 137 cm³/mol. The highest BCUT2D eigenvalue weighted by Gasteiger charge is 2.36. The molecule has 182 valence electrons. The number of carbonyl (C=O) groups excluding carboxylic acids is 2. The standard InChI is InChI=1S/C26H28N4O4S/c1-17-3-8-23(33-2)22(13-17)30-15-19(14-24(30)31)25(32)27-20-6-4-18(5-7-20)21-16-35-26(28-21)29-9-11-34-12-10-29/h3-8,13,16,19H,9-12,14-15H2,1-2H3,(H,27,32). The Morgan fingerprint density at radius 1 is 1.17 bits per heavy atom. The highest BCUT2D eigenvalue weighted by Crippen LogP contribution is 2.34. The van der Waals surface area contributed by atoms with E-state index in [1.54, 1.807) is 23.3 Å². The molecular weight excluding hydrogens is 464 g/mol. The summed E-state index contributed by atoms with van der Waals surface area (Å²) in [6.45, 7) is 5.46. The number of morpholine rings is 1. The van der Waals surface area contributed by atoms with Crippen LogP contribution in [0.15, 0.2) is 47.8 Å². The Balaban J connectivity index is 1.23. The molecule has 2 fully saturated rings. The van der Waals surface area contributed by atoms with Crippen LogP contribution in [0.4, 0.5) is 16.5 Å². The number of rotatable bonds is 6. The van der Waals surface area contributed by atoms with Crippen molar-refractivity contribution in [2.24, 2.45) is 5.92 Å². The molecule has 0 bridgehead atoms. The molecule has 2 aliphatic rings. The van der Waals surface area contributed by atoms with Gasteiger partial charge in [-0.05, 0) is 36.8 Å². The first-order valence-electron chi connectivity index (χ1n) is 11.7. The van der Waals surface area contributed by atoms with Crippen molar-refractivity contribution >= 4 is 39.7 Å². The Morgan fingerprint density at radius 3 is 2.69 bits per heavy atom. The number of thiazole rings is 1. The lowest BCUT2D eigenvalue weighted by Crippen LogP contribution is -2.36. The second-order valence-corrected chi connectivity index (χ2v) is 9.60. The van der Waals surface area contributed by atoms with Crippen LogP contribution in [-0.4, -0.2) is 56.8 Å². The molecule has 2 aliphatic heterocycles. The van der Waals surface area contributed by atoms with Gasteiger partial charge in [-0.15, -0.1) is 11.3 Å². The second kappa shape index (κ2) is 10.1. The Labute approximate surface area is 208 Å². The third-order valence-electron chi connectivity index (χ3n) is 6.34. The number of nitrogens with zero attached hydrogens (tertiary/aromatic N) is 3. The van der Waals surface area contributed by atoms with Gasteiger partial charge in [-0.3, -0.25) is 9.59 Å². The van der Waals surface area contributed by atoms with Crippen LogP contribution < -0.4 is 19.9 Å². The van der Waals surface area contributed by atoms with Gasteiger partial charge in [0.25, 0.3) is 0 Å². The lowest BCUT2D eigenvalue weighted by molar-refractivity contribution is -0.122. The highest BCUT2D eigenvalue weighted by molar-refractivity contribution is 7.14. The molecule has 0 saturated carbocycles. The van der Waals surface area contributed by atoms with Crippen molar-refractivity contribution in [3.05, 3.63) is 53.4 Å². The molecule has 2 amide bonds. The summed E-state index contributed by atoms with van der Waals surface area (Å²) >= 11 is 1.63. The quantitative estimate of drug-likeness (QED) is 0.561. The van der Waals surface area contributed by atoms with E-state index in [-0.39, 0.29) is 18.2 Å². The number of carbonyl (C=O) groups is 2. The number of anilines is 3. The number of aryl methyl sites for hydroxylation is 1. The van der Waals surface area contributed by atoms with Gasteiger partial charge in [-0.25, -0.2) is 4.98 Å². The molecular formula is C26H28N4O4S. The molecule has 1 N–H and O–H groups in total. The number of ether oxygens (including phenoxy) is 2. The smallest absolute Gasteiger partial charge is 0.229 e. The molecule has 35 heavy (non-hydrogen) atoms. The summed E-state index contributed by atoms with van der Waals surface area (Å²) in [7, 11) is 1.58. The molecule has 3 aromatic rings. The summed E-state index contributed by atoms with van der Waals surface area (Å²) in [4.78, 5) is 34.3. The summed E-state index contributed by atoms with van der Waals surface area (Å²) < 4.78 is 10.8. The van der Waals surface area contributed by atoms with Gasteiger partial charge in [0, 0.05) is 42.7 Å². The lowest BCUT2D eigenvalue weighted by atomic mass is 10.1. The number of amides is 2. The Bertz CT molecular complexity index is 1220. The molecule has 1 atom stereocenters. The number of hydrogen-bond acceptors (Lipinski definition) is 7. The number of benzene rings is 2. The van der Waals surface area contributed by atoms with E-state index in [9.17, 15) is 9.59 Å². The maximum atomic E-state index is 12.9. The van der Waals surface area contributed by atoms with Gasteiger partial charge in [0.15, 0.2) is 5.13 Å². The van der Waals surface area contributed by atoms with Crippen molar-refractivity contribution in [2.45, 2.75) is 13.3 Å². The Kier molecular flexibility index (Phi) is 6.70. The van der Waals surface area contributed by atoms with Crippen molar-refractivity contribution in [3.8, 4) is 17.0 Å². The van der Waals surface area contributed by atoms with E-state index >= 15 is 0 Å². The van der Waals surface area contributed by atoms with Gasteiger partial charge in [0.05, 0.1) is 37.6 Å². The van der Waals surface area contributed by atoms with Crippen LogP contribution in [0.2, 0.25) is 0 Å². The fourth-order valence-electron chi connectivity index (χ4n) is 4.39. The summed E-state index contributed by atoms with van der Waals surface area (Å²) in [5.74, 6) is -0.0473. The zero-order valence-corrected chi connectivity index (χ0v) is 20.6. The molecule has 2 aromatic carbocycles. The number of aromatic nitrogens is 1. The first-order valence-corrected chi connectivity index (χ1v) is 12.5. The molecule has 3 heterocycles. The molecule has 2 saturated heterocycles. The molecule has 0 radical (unpaired) electrons. The van der Waals surface area contributed by atoms with Gasteiger partial charge in [0.1, 0.15) is 5.75 Å².